The van der Waals surface area contributed by atoms with Gasteiger partial charge in [0.15, 0.2) is 0 Å². The minimum absolute atomic E-state index is 0. The second-order valence-electron chi connectivity index (χ2n) is 7.06. The Morgan fingerprint density at radius 1 is 0.923 bits per heavy atom. The molecule has 0 amide bonds. The average Bonchev–Trinajstić information content (AvgIpc) is 3.15. The molecule has 2 unspecified atom stereocenters. The van der Waals surface area contributed by atoms with Gasteiger partial charge < -0.3 is 24.8 Å². The van der Waals surface area contributed by atoms with E-state index in [2.05, 4.69) is 81.8 Å². The third-order valence-corrected chi connectivity index (χ3v) is 9.86. The molecule has 134 valence electrons. The zero-order chi connectivity index (χ0) is 16.8. The van der Waals surface area contributed by atoms with Crippen molar-refractivity contribution in [2.75, 3.05) is 13.3 Å². The van der Waals surface area contributed by atoms with Crippen LogP contribution in [-0.2, 0) is 19.2 Å². The fourth-order valence-corrected chi connectivity index (χ4v) is 9.37. The maximum atomic E-state index is 2.50. The second kappa shape index (κ2) is 8.77. The van der Waals surface area contributed by atoms with Crippen LogP contribution in [0.5, 0.6) is 0 Å². The molecule has 0 aromatic heterocycles. The minimum atomic E-state index is -0.167. The van der Waals surface area contributed by atoms with E-state index in [1.165, 1.54) is 22.3 Å². The number of aryl methyl sites for hydroxylation is 2. The van der Waals surface area contributed by atoms with Gasteiger partial charge in [0.2, 0.25) is 0 Å². The largest absolute Gasteiger partial charge is 1.00 e. The molecule has 4 rings (SSSR count). The Kier molecular flexibility index (Phi) is 7.40. The second-order valence-corrected chi connectivity index (χ2v) is 11.8. The Labute approximate surface area is 180 Å². The molecule has 2 aromatic rings. The first kappa shape index (κ1) is 21.9. The molecule has 0 spiro atoms. The van der Waals surface area contributed by atoms with Crippen LogP contribution >= 0.6 is 7.92 Å². The van der Waals surface area contributed by atoms with E-state index in [0.717, 1.165) is 0 Å². The van der Waals surface area contributed by atoms with E-state index >= 15 is 0 Å². The number of hydrogen-bond donors (Lipinski definition) is 0. The first-order chi connectivity index (χ1) is 11.6. The molecule has 0 saturated carbocycles. The van der Waals surface area contributed by atoms with Gasteiger partial charge >= 0.3 is 156 Å². The van der Waals surface area contributed by atoms with Gasteiger partial charge in [-0.2, -0.15) is 0 Å². The van der Waals surface area contributed by atoms with Crippen molar-refractivity contribution < 1.29 is 44.0 Å². The molecule has 4 heteroatoms. The number of allylic oxidation sites excluding steroid dienone is 2. The fraction of sp³-hybridized carbons (Fsp3) is 0.273. The maximum Gasteiger partial charge on any atom is -1.00 e. The maximum absolute atomic E-state index is 2.50. The number of hydrogen-bond acceptors (Lipinski definition) is 0. The third kappa shape index (κ3) is 3.78. The molecular weight excluding hydrogens is 414 g/mol. The van der Waals surface area contributed by atoms with E-state index in [0.29, 0.717) is 8.45 Å². The summed E-state index contributed by atoms with van der Waals surface area (Å²) in [6.45, 7) is 9.37. The van der Waals surface area contributed by atoms with E-state index in [1.807, 2.05) is 0 Å². The molecule has 0 radical (unpaired) electrons. The third-order valence-electron chi connectivity index (χ3n) is 5.26. The molecule has 0 aliphatic heterocycles. The molecule has 26 heavy (non-hydrogen) atoms. The van der Waals surface area contributed by atoms with Crippen LogP contribution in [0, 0.1) is 13.8 Å². The van der Waals surface area contributed by atoms with Crippen molar-refractivity contribution in [1.82, 2.24) is 0 Å². The van der Waals surface area contributed by atoms with Crippen LogP contribution in [0.4, 0.5) is 0 Å². The topological polar surface area (TPSA) is 0 Å². The van der Waals surface area contributed by atoms with Crippen molar-refractivity contribution in [3.05, 3.63) is 81.2 Å². The van der Waals surface area contributed by atoms with Gasteiger partial charge in [0.1, 0.15) is 0 Å². The van der Waals surface area contributed by atoms with Crippen molar-refractivity contribution >= 4 is 20.1 Å². The number of halogens is 2. The molecule has 0 heterocycles. The average molecular weight is 437 g/mol. The summed E-state index contributed by atoms with van der Waals surface area (Å²) in [7, 11) is -0.0204. The monoisotopic (exact) mass is 436 g/mol. The Balaban J connectivity index is 0.00000121. The summed E-state index contributed by atoms with van der Waals surface area (Å²) in [5.74, 6) is 0. The summed E-state index contributed by atoms with van der Waals surface area (Å²) >= 11 is -0.167. The molecule has 0 saturated heterocycles. The molecule has 2 aliphatic rings. The van der Waals surface area contributed by atoms with Crippen LogP contribution in [0.25, 0.3) is 12.2 Å². The Hall–Kier alpha value is -0.356. The van der Waals surface area contributed by atoms with E-state index < -0.39 is 0 Å². The van der Waals surface area contributed by atoms with Crippen LogP contribution in [0.2, 0.25) is 0 Å². The van der Waals surface area contributed by atoms with Gasteiger partial charge in [-0.3, -0.25) is 0 Å². The zero-order valence-electron chi connectivity index (χ0n) is 15.6. The van der Waals surface area contributed by atoms with Gasteiger partial charge in [0.25, 0.3) is 0 Å². The van der Waals surface area contributed by atoms with Gasteiger partial charge in [-0.25, -0.2) is 0 Å². The van der Waals surface area contributed by atoms with E-state index in [4.69, 9.17) is 0 Å². The first-order valence-corrected chi connectivity index (χ1v) is 12.6. The Bertz CT molecular complexity index is 870. The Morgan fingerprint density at radius 2 is 1.62 bits per heavy atom. The van der Waals surface area contributed by atoms with Gasteiger partial charge in [-0.05, 0) is 0 Å². The predicted molar refractivity (Wildman–Crippen MR) is 104 cm³/mol. The fourth-order valence-electron chi connectivity index (χ4n) is 3.97. The molecule has 2 aromatic carbocycles. The standard InChI is InChI=1S/C11H12P.C11H11.2ClH.Ti/c1-12(2)11-7-9-5-3-4-6-10(9)8-11;1-8-6-7-9(2)11-5-3-4-10(8)11;;;/h3-8H,1-2H3;3-7H,1-2H3;2*1H;/q;;;;+2/p-2. The smallest absolute Gasteiger partial charge is 1.00 e. The summed E-state index contributed by atoms with van der Waals surface area (Å²) in [4.78, 5) is 0. The van der Waals surface area contributed by atoms with Crippen molar-refractivity contribution in [2.45, 2.75) is 22.3 Å². The number of rotatable bonds is 3. The Morgan fingerprint density at radius 3 is 2.35 bits per heavy atom. The predicted octanol–water partition coefficient (Wildman–Crippen LogP) is 0.299. The van der Waals surface area contributed by atoms with Crippen molar-refractivity contribution in [3.63, 3.8) is 0 Å². The van der Waals surface area contributed by atoms with E-state index in [9.17, 15) is 0 Å². The minimum Gasteiger partial charge on any atom is -1.00 e. The zero-order valence-corrected chi connectivity index (χ0v) is 19.5. The summed E-state index contributed by atoms with van der Waals surface area (Å²) in [5.41, 5.74) is 9.08. The summed E-state index contributed by atoms with van der Waals surface area (Å²) in [6, 6.07) is 13.7. The van der Waals surface area contributed by atoms with Crippen LogP contribution in [0.3, 0.4) is 0 Å². The number of benzene rings is 2. The number of fused-ring (bicyclic) bond motifs is 2. The van der Waals surface area contributed by atoms with Crippen LogP contribution in [0.15, 0.2) is 47.8 Å². The normalized spacial score (nSPS) is 19.2. The van der Waals surface area contributed by atoms with Crippen molar-refractivity contribution in [3.8, 4) is 0 Å². The summed E-state index contributed by atoms with van der Waals surface area (Å²) in [6.07, 6.45) is 7.38. The quantitative estimate of drug-likeness (QED) is 0.479. The molecular formula is C22H23Cl2PTi. The molecule has 0 fully saturated rings. The van der Waals surface area contributed by atoms with Crippen LogP contribution in [0.1, 0.15) is 41.8 Å². The van der Waals surface area contributed by atoms with Crippen LogP contribution in [-0.4, -0.2) is 13.3 Å². The molecule has 0 N–H and O–H groups in total. The van der Waals surface area contributed by atoms with Crippen molar-refractivity contribution in [1.29, 1.82) is 0 Å². The molecule has 2 aliphatic carbocycles. The summed E-state index contributed by atoms with van der Waals surface area (Å²) < 4.78 is 1.39. The molecule has 0 nitrogen and oxygen atoms in total. The SMILES string of the molecule is Cc1ccc(C)c2c1C=C[CH]2[Ti+2][CH]1C(P(C)C)=Cc2ccccc21.[Cl-].[Cl-]. The molecule has 2 atom stereocenters. The van der Waals surface area contributed by atoms with Gasteiger partial charge in [-0.15, -0.1) is 0 Å². The van der Waals surface area contributed by atoms with Gasteiger partial charge in [0.05, 0.1) is 0 Å². The molecule has 0 bridgehead atoms. The summed E-state index contributed by atoms with van der Waals surface area (Å²) in [5, 5.41) is 1.72. The van der Waals surface area contributed by atoms with Gasteiger partial charge in [0, 0.05) is 0 Å². The van der Waals surface area contributed by atoms with Crippen LogP contribution < -0.4 is 24.8 Å². The van der Waals surface area contributed by atoms with Gasteiger partial charge in [-0.1, -0.05) is 0 Å². The first-order valence-electron chi connectivity index (χ1n) is 8.58. The van der Waals surface area contributed by atoms with Crippen molar-refractivity contribution in [2.24, 2.45) is 0 Å². The van der Waals surface area contributed by atoms with E-state index in [-0.39, 0.29) is 51.9 Å². The van der Waals surface area contributed by atoms with E-state index in [1.54, 1.807) is 16.4 Å².